The molecule has 0 saturated carbocycles. The third kappa shape index (κ3) is 5.58. The number of hydrogen-bond acceptors (Lipinski definition) is 4. The van der Waals surface area contributed by atoms with Crippen molar-refractivity contribution in [3.8, 4) is 5.75 Å². The number of carbonyl (C=O) groups excluding carboxylic acids is 1. The zero-order valence-corrected chi connectivity index (χ0v) is 14.8. The Morgan fingerprint density at radius 1 is 1.20 bits per heavy atom. The highest BCUT2D eigenvalue weighted by molar-refractivity contribution is 5.78. The van der Waals surface area contributed by atoms with Crippen LogP contribution in [0.15, 0.2) is 42.5 Å². The van der Waals surface area contributed by atoms with Gasteiger partial charge in [-0.1, -0.05) is 30.4 Å². The Hall–Kier alpha value is -1.85. The molecule has 1 fully saturated rings. The monoisotopic (exact) mass is 344 g/mol. The van der Waals surface area contributed by atoms with Crippen molar-refractivity contribution in [1.82, 2.24) is 10.2 Å². The normalized spacial score (nSPS) is 20.2. The summed E-state index contributed by atoms with van der Waals surface area (Å²) in [5.41, 5.74) is 0.281. The number of benzene rings is 1. The maximum absolute atomic E-state index is 12.1. The summed E-state index contributed by atoms with van der Waals surface area (Å²) in [4.78, 5) is 14.3. The molecule has 25 heavy (non-hydrogen) atoms. The fraction of sp³-hybridized carbons (Fsp3) is 0.550. The van der Waals surface area contributed by atoms with Crippen LogP contribution in [0.3, 0.4) is 0 Å². The van der Waals surface area contributed by atoms with E-state index in [1.807, 2.05) is 30.3 Å². The number of ether oxygens (including phenoxy) is 2. The van der Waals surface area contributed by atoms with Crippen LogP contribution in [0.5, 0.6) is 5.75 Å². The summed E-state index contributed by atoms with van der Waals surface area (Å²) in [7, 11) is 0. The van der Waals surface area contributed by atoms with Gasteiger partial charge in [0.05, 0.1) is 26.3 Å². The van der Waals surface area contributed by atoms with Crippen molar-refractivity contribution in [2.45, 2.75) is 19.3 Å². The third-order valence-corrected chi connectivity index (χ3v) is 5.06. The first kappa shape index (κ1) is 18.0. The van der Waals surface area contributed by atoms with Gasteiger partial charge in [0.15, 0.2) is 0 Å². The second-order valence-electron chi connectivity index (χ2n) is 6.98. The van der Waals surface area contributed by atoms with E-state index in [1.165, 1.54) is 0 Å². The second-order valence-corrected chi connectivity index (χ2v) is 6.98. The molecule has 0 unspecified atom stereocenters. The minimum atomic E-state index is 0.0737. The number of carbonyl (C=O) groups is 1. The van der Waals surface area contributed by atoms with E-state index in [0.717, 1.165) is 51.3 Å². The molecule has 2 heterocycles. The van der Waals surface area contributed by atoms with Gasteiger partial charge in [0.25, 0.3) is 0 Å². The zero-order valence-electron chi connectivity index (χ0n) is 14.8. The van der Waals surface area contributed by atoms with Gasteiger partial charge in [-0.3, -0.25) is 9.69 Å². The smallest absolute Gasteiger partial charge is 0.234 e. The molecule has 1 aromatic carbocycles. The lowest BCUT2D eigenvalue weighted by atomic mass is 9.76. The van der Waals surface area contributed by atoms with Crippen LogP contribution >= 0.6 is 0 Å². The Labute approximate surface area is 150 Å². The number of nitrogens with one attached hydrogen (secondary N) is 1. The molecule has 3 rings (SSSR count). The van der Waals surface area contributed by atoms with Crippen molar-refractivity contribution in [2.24, 2.45) is 5.41 Å². The molecular formula is C20H28N2O3. The van der Waals surface area contributed by atoms with Gasteiger partial charge in [-0.2, -0.15) is 0 Å². The van der Waals surface area contributed by atoms with Crippen molar-refractivity contribution in [3.63, 3.8) is 0 Å². The van der Waals surface area contributed by atoms with Gasteiger partial charge in [-0.15, -0.1) is 0 Å². The minimum Gasteiger partial charge on any atom is -0.492 e. The number of amides is 1. The van der Waals surface area contributed by atoms with Crippen LogP contribution in [0.4, 0.5) is 0 Å². The largest absolute Gasteiger partial charge is 0.492 e. The summed E-state index contributed by atoms with van der Waals surface area (Å²) in [6, 6.07) is 9.66. The van der Waals surface area contributed by atoms with E-state index in [2.05, 4.69) is 22.4 Å². The predicted octanol–water partition coefficient (Wildman–Crippen LogP) is 2.24. The summed E-state index contributed by atoms with van der Waals surface area (Å²) in [5.74, 6) is 0.905. The average molecular weight is 344 g/mol. The molecular weight excluding hydrogens is 316 g/mol. The minimum absolute atomic E-state index is 0.0737. The molecule has 0 bridgehead atoms. The third-order valence-electron chi connectivity index (χ3n) is 5.06. The van der Waals surface area contributed by atoms with E-state index in [9.17, 15) is 4.79 Å². The van der Waals surface area contributed by atoms with Crippen molar-refractivity contribution in [1.29, 1.82) is 0 Å². The lowest BCUT2D eigenvalue weighted by molar-refractivity contribution is -0.123. The van der Waals surface area contributed by atoms with Gasteiger partial charge in [0.2, 0.25) is 5.91 Å². The zero-order chi connectivity index (χ0) is 17.4. The Morgan fingerprint density at radius 2 is 2.00 bits per heavy atom. The number of rotatable bonds is 6. The van der Waals surface area contributed by atoms with Gasteiger partial charge >= 0.3 is 0 Å². The molecule has 2 aliphatic heterocycles. The van der Waals surface area contributed by atoms with Crippen LogP contribution in [-0.2, 0) is 9.53 Å². The van der Waals surface area contributed by atoms with E-state index in [0.29, 0.717) is 19.7 Å². The average Bonchev–Trinajstić information content (AvgIpc) is 2.88. The van der Waals surface area contributed by atoms with Gasteiger partial charge in [-0.05, 0) is 49.9 Å². The van der Waals surface area contributed by atoms with Crippen LogP contribution < -0.4 is 10.1 Å². The number of likely N-dealkylation sites (tertiary alicyclic amines) is 1. The van der Waals surface area contributed by atoms with Crippen LogP contribution in [0, 0.1) is 5.41 Å². The number of piperidine rings is 1. The topological polar surface area (TPSA) is 50.8 Å². The molecule has 136 valence electrons. The highest BCUT2D eigenvalue weighted by Crippen LogP contribution is 2.36. The highest BCUT2D eigenvalue weighted by atomic mass is 16.5. The van der Waals surface area contributed by atoms with Crippen LogP contribution in [0.2, 0.25) is 0 Å². The fourth-order valence-corrected chi connectivity index (χ4v) is 3.47. The maximum Gasteiger partial charge on any atom is 0.234 e. The first-order chi connectivity index (χ1) is 12.3. The Bertz CT molecular complexity index is 566. The molecule has 1 spiro atoms. The van der Waals surface area contributed by atoms with E-state index in [-0.39, 0.29) is 11.3 Å². The van der Waals surface area contributed by atoms with E-state index in [1.54, 1.807) is 0 Å². The van der Waals surface area contributed by atoms with E-state index < -0.39 is 0 Å². The summed E-state index contributed by atoms with van der Waals surface area (Å²) < 4.78 is 11.3. The van der Waals surface area contributed by atoms with E-state index >= 15 is 0 Å². The number of para-hydroxylation sites is 1. The molecule has 1 aromatic rings. The molecule has 1 saturated heterocycles. The van der Waals surface area contributed by atoms with Crippen molar-refractivity contribution >= 4 is 5.91 Å². The molecule has 2 aliphatic rings. The van der Waals surface area contributed by atoms with Crippen molar-refractivity contribution in [3.05, 3.63) is 42.5 Å². The standard InChI is InChI=1S/C20H28N2O3/c23-19(21-11-15-25-18-6-2-1-3-7-18)16-22-12-9-20(10-13-22)8-4-5-14-24-17-20/h1-7H,8-17H2,(H,21,23). The first-order valence-electron chi connectivity index (χ1n) is 9.15. The second kappa shape index (κ2) is 9.02. The fourth-order valence-electron chi connectivity index (χ4n) is 3.47. The summed E-state index contributed by atoms with van der Waals surface area (Å²) in [6.07, 6.45) is 7.67. The number of hydrogen-bond donors (Lipinski definition) is 1. The number of allylic oxidation sites excluding steroid dienone is 1. The number of nitrogens with zero attached hydrogens (tertiary/aromatic N) is 1. The molecule has 0 aromatic heterocycles. The Balaban J connectivity index is 1.32. The summed E-state index contributed by atoms with van der Waals surface area (Å²) in [5, 5.41) is 2.94. The molecule has 0 aliphatic carbocycles. The van der Waals surface area contributed by atoms with Gasteiger partial charge in [0.1, 0.15) is 12.4 Å². The van der Waals surface area contributed by atoms with Crippen molar-refractivity contribution < 1.29 is 14.3 Å². The molecule has 1 N–H and O–H groups in total. The SMILES string of the molecule is O=C(CN1CCC2(CC=CCOC2)CC1)NCCOc1ccccc1. The van der Waals surface area contributed by atoms with E-state index in [4.69, 9.17) is 9.47 Å². The predicted molar refractivity (Wildman–Crippen MR) is 97.6 cm³/mol. The lowest BCUT2D eigenvalue weighted by Crippen LogP contribution is -2.46. The molecule has 5 heteroatoms. The van der Waals surface area contributed by atoms with Gasteiger partial charge in [-0.25, -0.2) is 0 Å². The quantitative estimate of drug-likeness (QED) is 0.635. The van der Waals surface area contributed by atoms with Crippen LogP contribution in [-0.4, -0.2) is 56.8 Å². The van der Waals surface area contributed by atoms with Crippen molar-refractivity contribution in [2.75, 3.05) is 46.0 Å². The van der Waals surface area contributed by atoms with Crippen LogP contribution in [0.25, 0.3) is 0 Å². The van der Waals surface area contributed by atoms with Crippen LogP contribution in [0.1, 0.15) is 19.3 Å². The lowest BCUT2D eigenvalue weighted by Gasteiger charge is -2.40. The summed E-state index contributed by atoms with van der Waals surface area (Å²) in [6.45, 7) is 5.00. The van der Waals surface area contributed by atoms with Gasteiger partial charge < -0.3 is 14.8 Å². The first-order valence-corrected chi connectivity index (χ1v) is 9.15. The maximum atomic E-state index is 12.1. The molecule has 1 amide bonds. The highest BCUT2D eigenvalue weighted by Gasteiger charge is 2.34. The Kier molecular flexibility index (Phi) is 6.48. The summed E-state index contributed by atoms with van der Waals surface area (Å²) >= 11 is 0. The Morgan fingerprint density at radius 3 is 2.80 bits per heavy atom. The molecule has 5 nitrogen and oxygen atoms in total. The van der Waals surface area contributed by atoms with Gasteiger partial charge in [0, 0.05) is 0 Å². The molecule has 0 atom stereocenters. The molecule has 0 radical (unpaired) electrons.